The highest BCUT2D eigenvalue weighted by atomic mass is 16.5. The molecule has 1 saturated heterocycles. The van der Waals surface area contributed by atoms with E-state index in [1.165, 1.54) is 12.4 Å². The minimum atomic E-state index is -1.07. The Hall–Kier alpha value is -4.55. The Morgan fingerprint density at radius 1 is 0.820 bits per heavy atom. The Kier molecular flexibility index (Phi) is 17.5. The van der Waals surface area contributed by atoms with Crippen LogP contribution >= 0.6 is 0 Å². The minimum Gasteiger partial charge on any atom is -0.378 e. The van der Waals surface area contributed by atoms with E-state index in [4.69, 9.17) is 15.2 Å². The number of fused-ring (bicyclic) bond motifs is 1. The van der Waals surface area contributed by atoms with Crippen molar-refractivity contribution in [1.29, 1.82) is 0 Å². The third-order valence-corrected chi connectivity index (χ3v) is 12.2. The van der Waals surface area contributed by atoms with Gasteiger partial charge in [0.25, 0.3) is 17.7 Å². The van der Waals surface area contributed by atoms with Gasteiger partial charge in [0.15, 0.2) is 0 Å². The molecule has 18 heteroatoms. The Labute approximate surface area is 358 Å². The predicted octanol–water partition coefficient (Wildman–Crippen LogP) is 1.17. The van der Waals surface area contributed by atoms with Gasteiger partial charge in [0, 0.05) is 25.7 Å². The summed E-state index contributed by atoms with van der Waals surface area (Å²) in [5.74, 6) is -4.23. The van der Waals surface area contributed by atoms with E-state index in [1.807, 2.05) is 27.7 Å². The number of carbonyl (C=O) groups excluding carboxylic acids is 7. The van der Waals surface area contributed by atoms with Crippen LogP contribution in [-0.4, -0.2) is 132 Å². The Morgan fingerprint density at radius 2 is 1.49 bits per heavy atom. The number of likely N-dealkylation sites (tertiary alicyclic amines) is 1. The maximum Gasteiger partial charge on any atom is 0.289 e. The lowest BCUT2D eigenvalue weighted by Gasteiger charge is -2.38. The second-order valence-electron chi connectivity index (χ2n) is 18.0. The zero-order chi connectivity index (χ0) is 44.1. The average molecular weight is 854 g/mol. The lowest BCUT2D eigenvalue weighted by atomic mass is 9.82. The van der Waals surface area contributed by atoms with Crippen molar-refractivity contribution in [1.82, 2.24) is 41.5 Å². The number of rotatable bonds is 22. The second-order valence-corrected chi connectivity index (χ2v) is 18.0. The third-order valence-electron chi connectivity index (χ3n) is 12.2. The van der Waals surface area contributed by atoms with Gasteiger partial charge in [-0.05, 0) is 68.1 Å². The number of amides is 6. The molecule has 0 unspecified atom stereocenters. The zero-order valence-electron chi connectivity index (χ0n) is 36.3. The van der Waals surface area contributed by atoms with Crippen molar-refractivity contribution in [2.24, 2.45) is 28.9 Å². The van der Waals surface area contributed by atoms with Gasteiger partial charge in [-0.3, -0.25) is 33.6 Å². The summed E-state index contributed by atoms with van der Waals surface area (Å²) in [7, 11) is 0. The van der Waals surface area contributed by atoms with E-state index in [-0.39, 0.29) is 54.8 Å². The monoisotopic (exact) mass is 854 g/mol. The van der Waals surface area contributed by atoms with Crippen LogP contribution in [0.3, 0.4) is 0 Å². The number of nitrogens with two attached hydrogens (primary N) is 1. The molecular weight excluding hydrogens is 787 g/mol. The van der Waals surface area contributed by atoms with Crippen LogP contribution in [0.5, 0.6) is 0 Å². The Balaban J connectivity index is 1.26. The number of hydrogen-bond donors (Lipinski definition) is 6. The lowest BCUT2D eigenvalue weighted by molar-refractivity contribution is -0.146. The van der Waals surface area contributed by atoms with Gasteiger partial charge in [-0.2, -0.15) is 0 Å². The molecule has 3 saturated carbocycles. The van der Waals surface area contributed by atoms with Gasteiger partial charge < -0.3 is 46.7 Å². The largest absolute Gasteiger partial charge is 0.378 e. The van der Waals surface area contributed by atoms with Crippen LogP contribution in [0.1, 0.15) is 126 Å². The topological polar surface area (TPSA) is 253 Å². The van der Waals surface area contributed by atoms with Crippen molar-refractivity contribution >= 4 is 41.2 Å². The van der Waals surface area contributed by atoms with Gasteiger partial charge in [-0.1, -0.05) is 59.8 Å². The first-order chi connectivity index (χ1) is 29.2. The molecule has 1 aliphatic heterocycles. The fourth-order valence-electron chi connectivity index (χ4n) is 8.75. The van der Waals surface area contributed by atoms with Crippen LogP contribution in [0.2, 0.25) is 0 Å². The van der Waals surface area contributed by atoms with Crippen molar-refractivity contribution in [2.45, 2.75) is 135 Å². The Morgan fingerprint density at radius 3 is 2.11 bits per heavy atom. The van der Waals surface area contributed by atoms with E-state index in [0.29, 0.717) is 52.2 Å². The molecule has 7 N–H and O–H groups in total. The first-order valence-corrected chi connectivity index (χ1v) is 22.3. The summed E-state index contributed by atoms with van der Waals surface area (Å²) in [5, 5.41) is 14.1. The highest BCUT2D eigenvalue weighted by molar-refractivity contribution is 6.38. The van der Waals surface area contributed by atoms with E-state index in [1.54, 1.807) is 4.90 Å². The van der Waals surface area contributed by atoms with Gasteiger partial charge in [-0.15, -0.1) is 0 Å². The van der Waals surface area contributed by atoms with Gasteiger partial charge in [-0.25, -0.2) is 9.97 Å². The first-order valence-electron chi connectivity index (χ1n) is 22.3. The van der Waals surface area contributed by atoms with Crippen LogP contribution in [0.25, 0.3) is 0 Å². The molecule has 6 amide bonds. The van der Waals surface area contributed by atoms with Gasteiger partial charge in [0.1, 0.15) is 29.5 Å². The first kappa shape index (κ1) is 47.5. The summed E-state index contributed by atoms with van der Waals surface area (Å²) < 4.78 is 10.7. The molecule has 0 aromatic carbocycles. The molecule has 0 spiro atoms. The van der Waals surface area contributed by atoms with E-state index >= 15 is 0 Å². The number of Topliss-reactive ketones (excluding diaryl/α,β-unsaturated/α-hetero) is 1. The summed E-state index contributed by atoms with van der Waals surface area (Å²) in [4.78, 5) is 106. The fourth-order valence-corrected chi connectivity index (χ4v) is 8.75. The van der Waals surface area contributed by atoms with Crippen LogP contribution in [-0.2, 0) is 33.4 Å². The summed E-state index contributed by atoms with van der Waals surface area (Å²) in [6, 6.07) is -3.98. The number of nitrogens with zero attached hydrogens (tertiary/aromatic N) is 3. The highest BCUT2D eigenvalue weighted by Gasteiger charge is 2.52. The van der Waals surface area contributed by atoms with Gasteiger partial charge >= 0.3 is 0 Å². The van der Waals surface area contributed by atoms with E-state index in [0.717, 1.165) is 51.4 Å². The van der Waals surface area contributed by atoms with Crippen LogP contribution in [0.4, 0.5) is 0 Å². The predicted molar refractivity (Wildman–Crippen MR) is 224 cm³/mol. The van der Waals surface area contributed by atoms with E-state index < -0.39 is 70.8 Å². The summed E-state index contributed by atoms with van der Waals surface area (Å²) in [6.45, 7) is 9.82. The van der Waals surface area contributed by atoms with Crippen LogP contribution < -0.4 is 32.3 Å². The second kappa shape index (κ2) is 22.5. The summed E-state index contributed by atoms with van der Waals surface area (Å²) >= 11 is 0. The molecule has 2 heterocycles. The van der Waals surface area contributed by atoms with Crippen LogP contribution in [0.15, 0.2) is 12.4 Å². The molecule has 6 atom stereocenters. The molecule has 61 heavy (non-hydrogen) atoms. The summed E-state index contributed by atoms with van der Waals surface area (Å²) in [6.07, 6.45) is 11.5. The molecule has 1 aromatic heterocycles. The van der Waals surface area contributed by atoms with Crippen molar-refractivity contribution in [3.05, 3.63) is 23.8 Å². The van der Waals surface area contributed by atoms with E-state index in [9.17, 15) is 33.6 Å². The standard InChI is InChI=1S/C43H67N9O9/c1-5-10-30(35(53)41(58)48-28-15-16-28)49-40(57)34-29-14-9-13-27(29)25-52(34)42(59)36(43(2,3)4)51-39(56)33(26-11-7-6-8-12-26)50-38(55)32-24-46-31(23-47-32)37(54)45-18-20-61-22-21-60-19-17-44/h23-24,26-30,33-34,36H,5-22,25,44H2,1-4H3,(H,45,54)(H,48,58)(H,49,57)(H,50,55)(H,51,56)/t27-,29-,30-,33-,34-,36+/m0/s1. The smallest absolute Gasteiger partial charge is 0.289 e. The molecule has 1 aromatic rings. The maximum atomic E-state index is 14.8. The van der Waals surface area contributed by atoms with Gasteiger partial charge in [0.05, 0.1) is 44.9 Å². The number of hydrogen-bond acceptors (Lipinski definition) is 12. The molecule has 0 bridgehead atoms. The SMILES string of the molecule is CCC[C@H](NC(=O)[C@@H]1[C@H]2CCC[C@H]2CN1C(=O)[C@@H](NC(=O)[C@@H](NC(=O)c1cnc(C(=O)NCCOCCOCCN)cn1)C1CCCCC1)C(C)(C)C)C(=O)C(=O)NC1CC1. The van der Waals surface area contributed by atoms with E-state index in [2.05, 4.69) is 36.6 Å². The molecule has 18 nitrogen and oxygen atoms in total. The third kappa shape index (κ3) is 13.2. The molecule has 5 rings (SSSR count). The maximum absolute atomic E-state index is 14.8. The number of ketones is 1. The molecule has 0 radical (unpaired) electrons. The number of carbonyl (C=O) groups is 7. The van der Waals surface area contributed by atoms with Crippen molar-refractivity contribution in [3.63, 3.8) is 0 Å². The highest BCUT2D eigenvalue weighted by Crippen LogP contribution is 2.43. The molecule has 338 valence electrons. The van der Waals surface area contributed by atoms with Crippen molar-refractivity contribution in [3.8, 4) is 0 Å². The normalized spacial score (nSPS) is 21.7. The minimum absolute atomic E-state index is 0.000490. The fraction of sp³-hybridized carbons (Fsp3) is 0.744. The number of nitrogens with one attached hydrogen (secondary N) is 5. The number of ether oxygens (including phenoxy) is 2. The van der Waals surface area contributed by atoms with Crippen molar-refractivity contribution < 1.29 is 43.0 Å². The molecule has 4 fully saturated rings. The molecular formula is C43H67N9O9. The quantitative estimate of drug-likeness (QED) is 0.0711. The average Bonchev–Trinajstić information content (AvgIpc) is 3.81. The van der Waals surface area contributed by atoms with Crippen molar-refractivity contribution in [2.75, 3.05) is 46.1 Å². The van der Waals surface area contributed by atoms with Gasteiger partial charge in [0.2, 0.25) is 23.5 Å². The Bertz CT molecular complexity index is 1690. The number of aromatic nitrogens is 2. The van der Waals surface area contributed by atoms with Crippen LogP contribution in [0, 0.1) is 23.2 Å². The molecule has 3 aliphatic carbocycles. The molecule has 4 aliphatic rings. The lowest BCUT2D eigenvalue weighted by Crippen LogP contribution is -2.62. The zero-order valence-corrected chi connectivity index (χ0v) is 36.3. The summed E-state index contributed by atoms with van der Waals surface area (Å²) in [5.41, 5.74) is 4.49.